The van der Waals surface area contributed by atoms with Gasteiger partial charge in [-0.05, 0) is 28.1 Å². The number of para-hydroxylation sites is 1. The van der Waals surface area contributed by atoms with Gasteiger partial charge < -0.3 is 11.1 Å². The molecule has 20 heavy (non-hydrogen) atoms. The second-order valence-electron chi connectivity index (χ2n) is 3.99. The molecule has 1 aromatic carbocycles. The van der Waals surface area contributed by atoms with Gasteiger partial charge in [0.1, 0.15) is 15.2 Å². The van der Waals surface area contributed by atoms with Crippen molar-refractivity contribution in [1.29, 1.82) is 0 Å². The maximum Gasteiger partial charge on any atom is 0.268 e. The number of nitrogens with two attached hydrogens (primary N) is 1. The van der Waals surface area contributed by atoms with Gasteiger partial charge in [-0.15, -0.1) is 11.3 Å². The third kappa shape index (κ3) is 2.25. The van der Waals surface area contributed by atoms with E-state index in [0.717, 1.165) is 4.47 Å². The van der Waals surface area contributed by atoms with Crippen LogP contribution in [0.4, 0.5) is 11.4 Å². The van der Waals surface area contributed by atoms with Gasteiger partial charge >= 0.3 is 0 Å². The van der Waals surface area contributed by atoms with Crippen molar-refractivity contribution in [3.63, 3.8) is 0 Å². The van der Waals surface area contributed by atoms with Gasteiger partial charge in [-0.25, -0.2) is 9.97 Å². The Labute approximate surface area is 127 Å². The minimum atomic E-state index is -0.265. The molecule has 0 aliphatic heterocycles. The normalized spacial score (nSPS) is 10.7. The van der Waals surface area contributed by atoms with Crippen LogP contribution < -0.4 is 11.1 Å². The van der Waals surface area contributed by atoms with Crippen molar-refractivity contribution >= 4 is 54.9 Å². The van der Waals surface area contributed by atoms with Crippen molar-refractivity contribution < 1.29 is 4.79 Å². The molecule has 0 unspecified atom stereocenters. The van der Waals surface area contributed by atoms with Gasteiger partial charge in [0.05, 0.1) is 11.4 Å². The van der Waals surface area contributed by atoms with E-state index < -0.39 is 0 Å². The number of amides is 1. The van der Waals surface area contributed by atoms with Gasteiger partial charge in [0, 0.05) is 16.9 Å². The van der Waals surface area contributed by atoms with Crippen molar-refractivity contribution in [3.8, 4) is 0 Å². The number of carbonyl (C=O) groups excluding carboxylic acids is 1. The predicted octanol–water partition coefficient (Wildman–Crippen LogP) is 3.29. The monoisotopic (exact) mass is 348 g/mol. The molecule has 2 heterocycles. The van der Waals surface area contributed by atoms with E-state index in [-0.39, 0.29) is 5.91 Å². The molecule has 2 aromatic heterocycles. The summed E-state index contributed by atoms with van der Waals surface area (Å²) in [6.07, 6.45) is 3.13. The summed E-state index contributed by atoms with van der Waals surface area (Å²) >= 11 is 4.61. The molecule has 3 aromatic rings. The van der Waals surface area contributed by atoms with Crippen LogP contribution in [0.5, 0.6) is 0 Å². The van der Waals surface area contributed by atoms with Crippen molar-refractivity contribution in [2.45, 2.75) is 0 Å². The molecule has 0 atom stereocenters. The van der Waals surface area contributed by atoms with Gasteiger partial charge in [-0.1, -0.05) is 12.1 Å². The van der Waals surface area contributed by atoms with Gasteiger partial charge in [-0.2, -0.15) is 0 Å². The molecule has 1 amide bonds. The number of fused-ring (bicyclic) bond motifs is 1. The molecule has 0 bridgehead atoms. The first-order valence-corrected chi connectivity index (χ1v) is 7.32. The van der Waals surface area contributed by atoms with Crippen LogP contribution in [0.15, 0.2) is 41.1 Å². The fraction of sp³-hybridized carbons (Fsp3) is 0. The quantitative estimate of drug-likeness (QED) is 0.744. The average molecular weight is 349 g/mol. The number of benzene rings is 1. The van der Waals surface area contributed by atoms with E-state index >= 15 is 0 Å². The second-order valence-corrected chi connectivity index (χ2v) is 5.84. The average Bonchev–Trinajstić information content (AvgIpc) is 2.79. The fourth-order valence-electron chi connectivity index (χ4n) is 1.75. The minimum Gasteiger partial charge on any atom is -0.396 e. The Bertz CT molecular complexity index is 802. The van der Waals surface area contributed by atoms with Crippen molar-refractivity contribution in [1.82, 2.24) is 9.97 Å². The van der Waals surface area contributed by atoms with Crippen molar-refractivity contribution in [2.24, 2.45) is 0 Å². The van der Waals surface area contributed by atoms with E-state index in [0.29, 0.717) is 26.6 Å². The van der Waals surface area contributed by atoms with E-state index in [9.17, 15) is 4.79 Å². The summed E-state index contributed by atoms with van der Waals surface area (Å²) in [6.45, 7) is 0. The maximum absolute atomic E-state index is 12.3. The molecule has 0 spiro atoms. The van der Waals surface area contributed by atoms with E-state index in [1.807, 2.05) is 24.3 Å². The molecule has 100 valence electrons. The van der Waals surface area contributed by atoms with Crippen LogP contribution in [-0.2, 0) is 0 Å². The van der Waals surface area contributed by atoms with E-state index in [1.54, 1.807) is 12.4 Å². The van der Waals surface area contributed by atoms with E-state index in [4.69, 9.17) is 5.73 Å². The molecule has 0 radical (unpaired) electrons. The Morgan fingerprint density at radius 3 is 2.75 bits per heavy atom. The summed E-state index contributed by atoms with van der Waals surface area (Å²) in [6, 6.07) is 7.38. The fourth-order valence-corrected chi connectivity index (χ4v) is 3.05. The first-order valence-electron chi connectivity index (χ1n) is 5.71. The highest BCUT2D eigenvalue weighted by atomic mass is 79.9. The maximum atomic E-state index is 12.3. The Hall–Kier alpha value is -1.99. The highest BCUT2D eigenvalue weighted by Gasteiger charge is 2.18. The molecule has 0 saturated heterocycles. The molecule has 7 heteroatoms. The van der Waals surface area contributed by atoms with Gasteiger partial charge in [0.15, 0.2) is 0 Å². The standard InChI is InChI=1S/C13H9BrN4OS/c14-7-3-1-2-4-8(7)18-12(19)11-9(15)10-13(20-11)17-6-5-16-10/h1-6H,15H2,(H,18,19). The van der Waals surface area contributed by atoms with Crippen LogP contribution in [-0.4, -0.2) is 15.9 Å². The molecule has 5 nitrogen and oxygen atoms in total. The zero-order valence-corrected chi connectivity index (χ0v) is 12.5. The van der Waals surface area contributed by atoms with Crippen LogP contribution in [0, 0.1) is 0 Å². The number of rotatable bonds is 2. The molecule has 0 aliphatic carbocycles. The number of halogens is 1. The first-order chi connectivity index (χ1) is 9.66. The van der Waals surface area contributed by atoms with E-state index in [1.165, 1.54) is 11.3 Å². The number of anilines is 2. The van der Waals surface area contributed by atoms with Crippen LogP contribution in [0.25, 0.3) is 10.3 Å². The molecular formula is C13H9BrN4OS. The van der Waals surface area contributed by atoms with Crippen LogP contribution in [0.2, 0.25) is 0 Å². The summed E-state index contributed by atoms with van der Waals surface area (Å²) in [5.41, 5.74) is 7.59. The third-order valence-corrected chi connectivity index (χ3v) is 4.48. The molecule has 0 aliphatic rings. The summed E-state index contributed by atoms with van der Waals surface area (Å²) in [4.78, 5) is 21.7. The number of nitrogen functional groups attached to an aromatic ring is 1. The molecule has 3 N–H and O–H groups in total. The lowest BCUT2D eigenvalue weighted by molar-refractivity contribution is 0.103. The Morgan fingerprint density at radius 2 is 2.00 bits per heavy atom. The lowest BCUT2D eigenvalue weighted by Gasteiger charge is -2.06. The number of thiophene rings is 1. The Kier molecular flexibility index (Phi) is 3.37. The van der Waals surface area contributed by atoms with Crippen molar-refractivity contribution in [2.75, 3.05) is 11.1 Å². The number of nitrogens with one attached hydrogen (secondary N) is 1. The second kappa shape index (κ2) is 5.18. The number of aromatic nitrogens is 2. The van der Waals surface area contributed by atoms with Gasteiger partial charge in [0.25, 0.3) is 5.91 Å². The topological polar surface area (TPSA) is 80.9 Å². The number of nitrogens with zero attached hydrogens (tertiary/aromatic N) is 2. The smallest absolute Gasteiger partial charge is 0.268 e. The summed E-state index contributed by atoms with van der Waals surface area (Å²) < 4.78 is 0.810. The molecular weight excluding hydrogens is 340 g/mol. The highest BCUT2D eigenvalue weighted by Crippen LogP contribution is 2.31. The number of carbonyl (C=O) groups is 1. The minimum absolute atomic E-state index is 0.265. The number of hydrogen-bond donors (Lipinski definition) is 2. The van der Waals surface area contributed by atoms with Crippen LogP contribution >= 0.6 is 27.3 Å². The van der Waals surface area contributed by atoms with Crippen LogP contribution in [0.1, 0.15) is 9.67 Å². The molecule has 3 rings (SSSR count). The van der Waals surface area contributed by atoms with E-state index in [2.05, 4.69) is 31.2 Å². The molecule has 0 saturated carbocycles. The van der Waals surface area contributed by atoms with Crippen LogP contribution in [0.3, 0.4) is 0 Å². The lowest BCUT2D eigenvalue weighted by atomic mass is 10.3. The predicted molar refractivity (Wildman–Crippen MR) is 83.9 cm³/mol. The third-order valence-electron chi connectivity index (χ3n) is 2.69. The lowest BCUT2D eigenvalue weighted by Crippen LogP contribution is -2.12. The summed E-state index contributed by atoms with van der Waals surface area (Å²) in [5, 5.41) is 2.82. The number of hydrogen-bond acceptors (Lipinski definition) is 5. The summed E-state index contributed by atoms with van der Waals surface area (Å²) in [5.74, 6) is -0.265. The molecule has 0 fully saturated rings. The largest absolute Gasteiger partial charge is 0.396 e. The van der Waals surface area contributed by atoms with Gasteiger partial charge in [-0.3, -0.25) is 4.79 Å². The highest BCUT2D eigenvalue weighted by molar-refractivity contribution is 9.10. The SMILES string of the molecule is Nc1c(C(=O)Nc2ccccc2Br)sc2nccnc12. The zero-order chi connectivity index (χ0) is 14.1. The van der Waals surface area contributed by atoms with Gasteiger partial charge in [0.2, 0.25) is 0 Å². The zero-order valence-electron chi connectivity index (χ0n) is 10.1. The Morgan fingerprint density at radius 1 is 1.25 bits per heavy atom. The first kappa shape index (κ1) is 13.0. The van der Waals surface area contributed by atoms with Crippen molar-refractivity contribution in [3.05, 3.63) is 46.0 Å². The Balaban J connectivity index is 1.97. The summed E-state index contributed by atoms with van der Waals surface area (Å²) in [7, 11) is 0.